The zero-order valence-corrected chi connectivity index (χ0v) is 15.3. The number of carbonyl (C=O) groups is 1. The summed E-state index contributed by atoms with van der Waals surface area (Å²) < 4.78 is 2.12. The van der Waals surface area contributed by atoms with Gasteiger partial charge in [0.2, 0.25) is 0 Å². The van der Waals surface area contributed by atoms with Gasteiger partial charge in [0.05, 0.1) is 11.0 Å². The van der Waals surface area contributed by atoms with Crippen LogP contribution in [0.25, 0.3) is 16.7 Å². The normalized spacial score (nSPS) is 18.2. The van der Waals surface area contributed by atoms with Crippen molar-refractivity contribution in [3.8, 4) is 5.69 Å². The Balaban J connectivity index is 1.61. The highest BCUT2D eigenvalue weighted by Gasteiger charge is 2.20. The largest absolute Gasteiger partial charge is 0.348 e. The first-order chi connectivity index (χ1) is 12.6. The van der Waals surface area contributed by atoms with Crippen LogP contribution < -0.4 is 5.32 Å². The molecule has 4 rings (SSSR count). The molecule has 1 aromatic heterocycles. The highest BCUT2D eigenvalue weighted by atomic mass is 16.1. The maximum absolute atomic E-state index is 12.7. The maximum Gasteiger partial charge on any atom is 0.251 e. The van der Waals surface area contributed by atoms with E-state index in [0.717, 1.165) is 48.5 Å². The Hall–Kier alpha value is -2.66. The first-order valence-corrected chi connectivity index (χ1v) is 9.16. The number of likely N-dealkylation sites (tertiary alicyclic amines) is 1. The molecule has 2 aromatic carbocycles. The molecule has 0 spiro atoms. The predicted octanol–water partition coefficient (Wildman–Crippen LogP) is 3.16. The number of amides is 1. The first-order valence-electron chi connectivity index (χ1n) is 9.16. The van der Waals surface area contributed by atoms with Crippen LogP contribution in [0.15, 0.2) is 48.5 Å². The summed E-state index contributed by atoms with van der Waals surface area (Å²) >= 11 is 0. The van der Waals surface area contributed by atoms with Crippen molar-refractivity contribution < 1.29 is 4.79 Å². The zero-order valence-electron chi connectivity index (χ0n) is 15.3. The van der Waals surface area contributed by atoms with Crippen LogP contribution in [0.1, 0.15) is 29.0 Å². The molecule has 3 aromatic rings. The van der Waals surface area contributed by atoms with E-state index >= 15 is 0 Å². The molecule has 1 aliphatic rings. The van der Waals surface area contributed by atoms with Crippen LogP contribution in [0.3, 0.4) is 0 Å². The van der Waals surface area contributed by atoms with E-state index in [1.807, 2.05) is 43.3 Å². The molecule has 2 heterocycles. The molecular formula is C21H24N4O. The van der Waals surface area contributed by atoms with E-state index in [4.69, 9.17) is 0 Å². The molecule has 0 saturated carbocycles. The van der Waals surface area contributed by atoms with Gasteiger partial charge in [0.1, 0.15) is 5.82 Å². The molecule has 1 unspecified atom stereocenters. The Morgan fingerprint density at radius 1 is 1.19 bits per heavy atom. The molecule has 134 valence electrons. The summed E-state index contributed by atoms with van der Waals surface area (Å²) in [5.41, 5.74) is 3.61. The standard InChI is InChI=1S/C21H24N4O/c1-15-22-19-13-16(21(26)23-17-7-6-12-24(2)14-17)10-11-20(19)25(15)18-8-4-3-5-9-18/h3-5,8-11,13,17H,6-7,12,14H2,1-2H3,(H,23,26). The lowest BCUT2D eigenvalue weighted by Crippen LogP contribution is -2.46. The van der Waals surface area contributed by atoms with Crippen LogP contribution >= 0.6 is 0 Å². The van der Waals surface area contributed by atoms with E-state index in [-0.39, 0.29) is 11.9 Å². The highest BCUT2D eigenvalue weighted by Crippen LogP contribution is 2.22. The average Bonchev–Trinajstić information content (AvgIpc) is 2.97. The Morgan fingerprint density at radius 3 is 2.77 bits per heavy atom. The van der Waals surface area contributed by atoms with Gasteiger partial charge in [-0.1, -0.05) is 18.2 Å². The number of aryl methyl sites for hydroxylation is 1. The van der Waals surface area contributed by atoms with Crippen LogP contribution in [0.5, 0.6) is 0 Å². The summed E-state index contributed by atoms with van der Waals surface area (Å²) in [5.74, 6) is 0.900. The molecular weight excluding hydrogens is 324 g/mol. The second-order valence-electron chi connectivity index (χ2n) is 7.11. The number of hydrogen-bond acceptors (Lipinski definition) is 3. The third-order valence-electron chi connectivity index (χ3n) is 5.06. The number of piperidine rings is 1. The Bertz CT molecular complexity index is 932. The number of nitrogens with one attached hydrogen (secondary N) is 1. The number of rotatable bonds is 3. The summed E-state index contributed by atoms with van der Waals surface area (Å²) in [5, 5.41) is 3.17. The van der Waals surface area contributed by atoms with E-state index in [2.05, 4.69) is 38.9 Å². The number of benzene rings is 2. The number of hydrogen-bond donors (Lipinski definition) is 1. The summed E-state index contributed by atoms with van der Waals surface area (Å²) in [6.45, 7) is 4.01. The van der Waals surface area contributed by atoms with Crippen molar-refractivity contribution in [1.29, 1.82) is 0 Å². The van der Waals surface area contributed by atoms with Crippen LogP contribution in [-0.2, 0) is 0 Å². The van der Waals surface area contributed by atoms with Gasteiger partial charge in [-0.25, -0.2) is 4.98 Å². The molecule has 1 aliphatic heterocycles. The maximum atomic E-state index is 12.7. The number of para-hydroxylation sites is 1. The van der Waals surface area contributed by atoms with E-state index in [1.54, 1.807) is 0 Å². The molecule has 0 radical (unpaired) electrons. The quantitative estimate of drug-likeness (QED) is 0.791. The fraction of sp³-hybridized carbons (Fsp3) is 0.333. The van der Waals surface area contributed by atoms with Crippen LogP contribution in [-0.4, -0.2) is 46.5 Å². The number of nitrogens with zero attached hydrogens (tertiary/aromatic N) is 3. The lowest BCUT2D eigenvalue weighted by molar-refractivity contribution is 0.0912. The zero-order chi connectivity index (χ0) is 18.1. The van der Waals surface area contributed by atoms with E-state index in [9.17, 15) is 4.79 Å². The predicted molar refractivity (Wildman–Crippen MR) is 104 cm³/mol. The van der Waals surface area contributed by atoms with Gasteiger partial charge < -0.3 is 10.2 Å². The van der Waals surface area contributed by atoms with Gasteiger partial charge in [0.25, 0.3) is 5.91 Å². The van der Waals surface area contributed by atoms with Gasteiger partial charge in [-0.3, -0.25) is 9.36 Å². The van der Waals surface area contributed by atoms with Gasteiger partial charge in [-0.05, 0) is 63.7 Å². The monoisotopic (exact) mass is 348 g/mol. The number of carbonyl (C=O) groups excluding carboxylic acids is 1. The molecule has 0 bridgehead atoms. The molecule has 1 amide bonds. The van der Waals surface area contributed by atoms with Crippen molar-refractivity contribution in [2.75, 3.05) is 20.1 Å². The first kappa shape index (κ1) is 16.8. The SMILES string of the molecule is Cc1nc2cc(C(=O)NC3CCCN(C)C3)ccc2n1-c1ccccc1. The third-order valence-corrected chi connectivity index (χ3v) is 5.06. The fourth-order valence-corrected chi connectivity index (χ4v) is 3.80. The summed E-state index contributed by atoms with van der Waals surface area (Å²) in [6.07, 6.45) is 2.17. The van der Waals surface area contributed by atoms with E-state index in [0.29, 0.717) is 5.56 Å². The molecule has 1 N–H and O–H groups in total. The second-order valence-corrected chi connectivity index (χ2v) is 7.11. The Kier molecular flexibility index (Phi) is 4.47. The van der Waals surface area contributed by atoms with Crippen LogP contribution in [0.4, 0.5) is 0 Å². The molecule has 5 heteroatoms. The van der Waals surface area contributed by atoms with Crippen molar-refractivity contribution in [2.45, 2.75) is 25.8 Å². The highest BCUT2D eigenvalue weighted by molar-refractivity contribution is 5.97. The molecule has 1 fully saturated rings. The van der Waals surface area contributed by atoms with Gasteiger partial charge >= 0.3 is 0 Å². The minimum atomic E-state index is -0.0147. The van der Waals surface area contributed by atoms with Crippen molar-refractivity contribution in [3.05, 3.63) is 59.9 Å². The van der Waals surface area contributed by atoms with Crippen LogP contribution in [0, 0.1) is 6.92 Å². The van der Waals surface area contributed by atoms with Crippen molar-refractivity contribution in [3.63, 3.8) is 0 Å². The minimum absolute atomic E-state index is 0.0147. The molecule has 5 nitrogen and oxygen atoms in total. The van der Waals surface area contributed by atoms with Crippen molar-refractivity contribution in [2.24, 2.45) is 0 Å². The smallest absolute Gasteiger partial charge is 0.251 e. The molecule has 0 aliphatic carbocycles. The van der Waals surface area contributed by atoms with Gasteiger partial charge in [-0.15, -0.1) is 0 Å². The second kappa shape index (κ2) is 6.92. The van der Waals surface area contributed by atoms with Crippen molar-refractivity contribution in [1.82, 2.24) is 19.8 Å². The topological polar surface area (TPSA) is 50.2 Å². The number of fused-ring (bicyclic) bond motifs is 1. The molecule has 1 saturated heterocycles. The molecule has 26 heavy (non-hydrogen) atoms. The lowest BCUT2D eigenvalue weighted by atomic mass is 10.1. The lowest BCUT2D eigenvalue weighted by Gasteiger charge is -2.30. The summed E-state index contributed by atoms with van der Waals surface area (Å²) in [6, 6.07) is 16.2. The number of aromatic nitrogens is 2. The number of likely N-dealkylation sites (N-methyl/N-ethyl adjacent to an activating group) is 1. The van der Waals surface area contributed by atoms with Gasteiger partial charge in [0, 0.05) is 23.8 Å². The number of imidazole rings is 1. The molecule has 1 atom stereocenters. The third kappa shape index (κ3) is 3.22. The summed E-state index contributed by atoms with van der Waals surface area (Å²) in [7, 11) is 2.10. The fourth-order valence-electron chi connectivity index (χ4n) is 3.80. The van der Waals surface area contributed by atoms with Crippen LogP contribution in [0.2, 0.25) is 0 Å². The van der Waals surface area contributed by atoms with E-state index in [1.165, 1.54) is 0 Å². The Labute approximate surface area is 153 Å². The Morgan fingerprint density at radius 2 is 2.00 bits per heavy atom. The minimum Gasteiger partial charge on any atom is -0.348 e. The van der Waals surface area contributed by atoms with Crippen molar-refractivity contribution >= 4 is 16.9 Å². The van der Waals surface area contributed by atoms with Gasteiger partial charge in [0.15, 0.2) is 0 Å². The van der Waals surface area contributed by atoms with Gasteiger partial charge in [-0.2, -0.15) is 0 Å². The summed E-state index contributed by atoms with van der Waals surface area (Å²) in [4.78, 5) is 19.6. The van der Waals surface area contributed by atoms with E-state index < -0.39 is 0 Å². The average molecular weight is 348 g/mol.